The third kappa shape index (κ3) is 1.45. The minimum atomic E-state index is -0.258. The number of hydrogen-bond acceptors (Lipinski definition) is 0. The van der Waals surface area contributed by atoms with E-state index in [-0.39, 0.29) is 5.82 Å². The first kappa shape index (κ1) is 8.97. The van der Waals surface area contributed by atoms with Crippen molar-refractivity contribution in [2.24, 2.45) is 0 Å². The molecule has 2 rings (SSSR count). The number of rotatable bonds is 0. The molecule has 0 radical (unpaired) electrons. The molecule has 0 aromatic heterocycles. The standard InChI is InChI=1S/C10H5BrClF/c11-7-3-1-2-6-8(12)4-5-9(13)10(6)7/h1-5H. The van der Waals surface area contributed by atoms with E-state index in [2.05, 4.69) is 15.9 Å². The molecule has 0 aliphatic rings. The fourth-order valence-corrected chi connectivity index (χ4v) is 2.06. The molecule has 13 heavy (non-hydrogen) atoms. The second-order valence-electron chi connectivity index (χ2n) is 2.69. The first-order valence-corrected chi connectivity index (χ1v) is 4.89. The van der Waals surface area contributed by atoms with Gasteiger partial charge in [-0.25, -0.2) is 4.39 Å². The second kappa shape index (κ2) is 3.28. The normalized spacial score (nSPS) is 10.7. The summed E-state index contributed by atoms with van der Waals surface area (Å²) in [5.41, 5.74) is 0. The van der Waals surface area contributed by atoms with Crippen LogP contribution in [0.5, 0.6) is 0 Å². The van der Waals surface area contributed by atoms with Gasteiger partial charge < -0.3 is 0 Å². The van der Waals surface area contributed by atoms with Crippen LogP contribution in [0.15, 0.2) is 34.8 Å². The summed E-state index contributed by atoms with van der Waals surface area (Å²) in [6.07, 6.45) is 0. The van der Waals surface area contributed by atoms with Crippen molar-refractivity contribution in [3.05, 3.63) is 45.6 Å². The van der Waals surface area contributed by atoms with Gasteiger partial charge in [-0.05, 0) is 18.2 Å². The highest BCUT2D eigenvalue weighted by Crippen LogP contribution is 2.31. The fourth-order valence-electron chi connectivity index (χ4n) is 1.29. The molecule has 66 valence electrons. The molecule has 0 heterocycles. The Labute approximate surface area is 88.4 Å². The molecule has 0 fully saturated rings. The second-order valence-corrected chi connectivity index (χ2v) is 3.95. The van der Waals surface area contributed by atoms with Crippen molar-refractivity contribution in [1.29, 1.82) is 0 Å². The molecule has 0 atom stereocenters. The molecule has 2 aromatic rings. The van der Waals surface area contributed by atoms with Crippen molar-refractivity contribution in [1.82, 2.24) is 0 Å². The van der Waals surface area contributed by atoms with Crippen LogP contribution in [-0.4, -0.2) is 0 Å². The minimum absolute atomic E-state index is 0.258. The molecule has 0 N–H and O–H groups in total. The predicted molar refractivity (Wildman–Crippen MR) is 56.6 cm³/mol. The van der Waals surface area contributed by atoms with Gasteiger partial charge in [0.2, 0.25) is 0 Å². The molecule has 0 amide bonds. The Bertz CT molecular complexity index is 459. The van der Waals surface area contributed by atoms with Gasteiger partial charge in [0.15, 0.2) is 0 Å². The Balaban J connectivity index is 3.00. The van der Waals surface area contributed by atoms with Gasteiger partial charge in [0.1, 0.15) is 5.82 Å². The van der Waals surface area contributed by atoms with Gasteiger partial charge in [-0.2, -0.15) is 0 Å². The Kier molecular flexibility index (Phi) is 2.26. The highest BCUT2D eigenvalue weighted by molar-refractivity contribution is 9.10. The summed E-state index contributed by atoms with van der Waals surface area (Å²) < 4.78 is 14.1. The molecule has 0 bridgehead atoms. The van der Waals surface area contributed by atoms with E-state index in [0.29, 0.717) is 10.4 Å². The Morgan fingerprint density at radius 2 is 1.92 bits per heavy atom. The molecular formula is C10H5BrClF. The lowest BCUT2D eigenvalue weighted by atomic mass is 10.1. The Hall–Kier alpha value is -0.600. The first-order valence-electron chi connectivity index (χ1n) is 3.72. The van der Waals surface area contributed by atoms with E-state index in [9.17, 15) is 4.39 Å². The third-order valence-electron chi connectivity index (χ3n) is 1.89. The molecule has 0 aliphatic heterocycles. The van der Waals surface area contributed by atoms with Crippen LogP contribution in [0, 0.1) is 5.82 Å². The van der Waals surface area contributed by atoms with E-state index in [0.717, 1.165) is 9.86 Å². The van der Waals surface area contributed by atoms with Crippen LogP contribution in [0.3, 0.4) is 0 Å². The van der Waals surface area contributed by atoms with Crippen LogP contribution < -0.4 is 0 Å². The average Bonchev–Trinajstić information content (AvgIpc) is 2.12. The molecule has 2 aromatic carbocycles. The van der Waals surface area contributed by atoms with Gasteiger partial charge >= 0.3 is 0 Å². The molecule has 0 unspecified atom stereocenters. The molecule has 0 aliphatic carbocycles. The molecule has 0 saturated carbocycles. The fraction of sp³-hybridized carbons (Fsp3) is 0. The molecule has 0 nitrogen and oxygen atoms in total. The first-order chi connectivity index (χ1) is 6.20. The van der Waals surface area contributed by atoms with Crippen molar-refractivity contribution in [3.63, 3.8) is 0 Å². The number of hydrogen-bond donors (Lipinski definition) is 0. The summed E-state index contributed by atoms with van der Waals surface area (Å²) in [6, 6.07) is 8.35. The highest BCUT2D eigenvalue weighted by Gasteiger charge is 2.06. The van der Waals surface area contributed by atoms with Crippen LogP contribution in [0.4, 0.5) is 4.39 Å². The molecule has 0 saturated heterocycles. The molecule has 0 spiro atoms. The van der Waals surface area contributed by atoms with E-state index in [1.54, 1.807) is 18.2 Å². The zero-order valence-electron chi connectivity index (χ0n) is 6.52. The van der Waals surface area contributed by atoms with Gasteiger partial charge in [-0.15, -0.1) is 0 Å². The average molecular weight is 260 g/mol. The van der Waals surface area contributed by atoms with Gasteiger partial charge in [-0.1, -0.05) is 39.7 Å². The lowest BCUT2D eigenvalue weighted by molar-refractivity contribution is 0.639. The quantitative estimate of drug-likeness (QED) is 0.658. The summed E-state index contributed by atoms with van der Waals surface area (Å²) in [5, 5.41) is 1.84. The monoisotopic (exact) mass is 258 g/mol. The largest absolute Gasteiger partial charge is 0.206 e. The summed E-state index contributed by atoms with van der Waals surface area (Å²) in [7, 11) is 0. The van der Waals surface area contributed by atoms with Crippen molar-refractivity contribution in [3.8, 4) is 0 Å². The number of fused-ring (bicyclic) bond motifs is 1. The van der Waals surface area contributed by atoms with E-state index in [1.807, 2.05) is 6.07 Å². The van der Waals surface area contributed by atoms with E-state index < -0.39 is 0 Å². The summed E-state index contributed by atoms with van der Waals surface area (Å²) >= 11 is 9.20. The lowest BCUT2D eigenvalue weighted by Gasteiger charge is -2.03. The van der Waals surface area contributed by atoms with Gasteiger partial charge in [0.25, 0.3) is 0 Å². The topological polar surface area (TPSA) is 0 Å². The van der Waals surface area contributed by atoms with Crippen molar-refractivity contribution in [2.45, 2.75) is 0 Å². The van der Waals surface area contributed by atoms with Crippen LogP contribution in [0.1, 0.15) is 0 Å². The van der Waals surface area contributed by atoms with Crippen molar-refractivity contribution < 1.29 is 4.39 Å². The van der Waals surface area contributed by atoms with Crippen LogP contribution in [0.25, 0.3) is 10.8 Å². The maximum Gasteiger partial charge on any atom is 0.132 e. The van der Waals surface area contributed by atoms with Crippen LogP contribution in [0.2, 0.25) is 5.02 Å². The van der Waals surface area contributed by atoms with Crippen LogP contribution in [-0.2, 0) is 0 Å². The van der Waals surface area contributed by atoms with Crippen molar-refractivity contribution in [2.75, 3.05) is 0 Å². The zero-order valence-corrected chi connectivity index (χ0v) is 8.86. The van der Waals surface area contributed by atoms with E-state index in [4.69, 9.17) is 11.6 Å². The smallest absolute Gasteiger partial charge is 0.132 e. The summed E-state index contributed by atoms with van der Waals surface area (Å²) in [5.74, 6) is -0.258. The van der Waals surface area contributed by atoms with Gasteiger partial charge in [0.05, 0.1) is 0 Å². The maximum absolute atomic E-state index is 13.3. The Morgan fingerprint density at radius 1 is 1.15 bits per heavy atom. The number of halogens is 3. The zero-order chi connectivity index (χ0) is 9.42. The lowest BCUT2D eigenvalue weighted by Crippen LogP contribution is -1.81. The van der Waals surface area contributed by atoms with Crippen LogP contribution >= 0.6 is 27.5 Å². The van der Waals surface area contributed by atoms with Gasteiger partial charge in [0, 0.05) is 20.3 Å². The SMILES string of the molecule is Fc1ccc(Cl)c2cccc(Br)c12. The highest BCUT2D eigenvalue weighted by atomic mass is 79.9. The number of benzene rings is 2. The molecule has 3 heteroatoms. The van der Waals surface area contributed by atoms with Crippen molar-refractivity contribution >= 4 is 38.3 Å². The minimum Gasteiger partial charge on any atom is -0.206 e. The Morgan fingerprint density at radius 3 is 2.62 bits per heavy atom. The van der Waals surface area contributed by atoms with E-state index in [1.165, 1.54) is 6.07 Å². The predicted octanol–water partition coefficient (Wildman–Crippen LogP) is 4.39. The van der Waals surface area contributed by atoms with Gasteiger partial charge in [-0.3, -0.25) is 0 Å². The van der Waals surface area contributed by atoms with E-state index >= 15 is 0 Å². The molecular weight excluding hydrogens is 254 g/mol. The maximum atomic E-state index is 13.3. The summed E-state index contributed by atoms with van der Waals surface area (Å²) in [6.45, 7) is 0. The summed E-state index contributed by atoms with van der Waals surface area (Å²) in [4.78, 5) is 0. The third-order valence-corrected chi connectivity index (χ3v) is 2.88.